The Kier molecular flexibility index (Phi) is 3.79. The van der Waals surface area contributed by atoms with E-state index in [1.807, 2.05) is 0 Å². The van der Waals surface area contributed by atoms with E-state index in [-0.39, 0.29) is 17.0 Å². The second-order valence-corrected chi connectivity index (χ2v) is 4.09. The molecule has 0 fully saturated rings. The molecule has 0 saturated heterocycles. The molecule has 0 aromatic heterocycles. The number of benzene rings is 1. The number of carboxylic acids is 1. The second kappa shape index (κ2) is 4.80. The monoisotopic (exact) mass is 260 g/mol. The minimum atomic E-state index is -5.01. The minimum absolute atomic E-state index is 0.183. The number of carboxylic acid groups (broad SMARTS) is 1. The SMILES string of the molecule is CC(C)c1ccc(C(=O)O)cc1C(=O)C(F)(F)F. The average molecular weight is 260 g/mol. The van der Waals surface area contributed by atoms with Crippen molar-refractivity contribution in [1.29, 1.82) is 0 Å². The van der Waals surface area contributed by atoms with Gasteiger partial charge < -0.3 is 5.11 Å². The number of carbonyl (C=O) groups is 2. The molecule has 0 unspecified atom stereocenters. The topological polar surface area (TPSA) is 54.4 Å². The van der Waals surface area contributed by atoms with Crippen molar-refractivity contribution < 1.29 is 27.9 Å². The number of rotatable bonds is 3. The zero-order chi connectivity index (χ0) is 14.1. The highest BCUT2D eigenvalue weighted by Crippen LogP contribution is 2.28. The van der Waals surface area contributed by atoms with Gasteiger partial charge in [-0.1, -0.05) is 19.9 Å². The van der Waals surface area contributed by atoms with Crippen molar-refractivity contribution in [3.8, 4) is 0 Å². The van der Waals surface area contributed by atoms with Crippen LogP contribution in [0.25, 0.3) is 0 Å². The molecule has 0 aliphatic carbocycles. The molecule has 1 N–H and O–H groups in total. The Hall–Kier alpha value is -1.85. The van der Waals surface area contributed by atoms with Crippen LogP contribution in [0.4, 0.5) is 13.2 Å². The Morgan fingerprint density at radius 1 is 1.22 bits per heavy atom. The van der Waals surface area contributed by atoms with Crippen LogP contribution < -0.4 is 0 Å². The first-order valence-corrected chi connectivity index (χ1v) is 5.13. The summed E-state index contributed by atoms with van der Waals surface area (Å²) in [5, 5.41) is 8.73. The van der Waals surface area contributed by atoms with Crippen LogP contribution in [0.3, 0.4) is 0 Å². The third-order valence-electron chi connectivity index (χ3n) is 2.42. The zero-order valence-electron chi connectivity index (χ0n) is 9.71. The maximum Gasteiger partial charge on any atom is 0.454 e. The Labute approximate surface area is 101 Å². The van der Waals surface area contributed by atoms with Crippen molar-refractivity contribution >= 4 is 11.8 Å². The van der Waals surface area contributed by atoms with Crippen LogP contribution in [0.2, 0.25) is 0 Å². The number of ketones is 1. The maximum atomic E-state index is 12.4. The molecule has 0 amide bonds. The number of halogens is 3. The quantitative estimate of drug-likeness (QED) is 0.849. The summed E-state index contributed by atoms with van der Waals surface area (Å²) in [4.78, 5) is 22.0. The summed E-state index contributed by atoms with van der Waals surface area (Å²) in [6, 6.07) is 3.20. The fraction of sp³-hybridized carbons (Fsp3) is 0.333. The highest BCUT2D eigenvalue weighted by molar-refractivity contribution is 6.03. The predicted molar refractivity (Wildman–Crippen MR) is 57.9 cm³/mol. The smallest absolute Gasteiger partial charge is 0.454 e. The number of carbonyl (C=O) groups excluding carboxylic acids is 1. The Morgan fingerprint density at radius 3 is 2.17 bits per heavy atom. The van der Waals surface area contributed by atoms with E-state index in [1.54, 1.807) is 13.8 Å². The molecule has 0 heterocycles. The van der Waals surface area contributed by atoms with Crippen LogP contribution in [-0.4, -0.2) is 23.0 Å². The number of Topliss-reactive ketones (excluding diaryl/α,β-unsaturated/α-hetero) is 1. The molecule has 0 spiro atoms. The van der Waals surface area contributed by atoms with Gasteiger partial charge in [0.2, 0.25) is 0 Å². The van der Waals surface area contributed by atoms with Gasteiger partial charge in [0.1, 0.15) is 0 Å². The number of hydrogen-bond acceptors (Lipinski definition) is 2. The van der Waals surface area contributed by atoms with Gasteiger partial charge in [0.05, 0.1) is 5.56 Å². The molecule has 3 nitrogen and oxygen atoms in total. The lowest BCUT2D eigenvalue weighted by atomic mass is 9.92. The lowest BCUT2D eigenvalue weighted by Crippen LogP contribution is -2.24. The first-order chi connectivity index (χ1) is 8.14. The third-order valence-corrected chi connectivity index (χ3v) is 2.42. The number of aromatic carboxylic acids is 1. The molecule has 0 atom stereocenters. The summed E-state index contributed by atoms with van der Waals surface area (Å²) in [5.74, 6) is -3.70. The van der Waals surface area contributed by atoms with Crippen molar-refractivity contribution in [3.63, 3.8) is 0 Å². The van der Waals surface area contributed by atoms with Crippen LogP contribution in [0.5, 0.6) is 0 Å². The van der Waals surface area contributed by atoms with E-state index >= 15 is 0 Å². The van der Waals surface area contributed by atoms with Crippen LogP contribution >= 0.6 is 0 Å². The summed E-state index contributed by atoms with van der Waals surface area (Å²) >= 11 is 0. The molecule has 98 valence electrons. The average Bonchev–Trinajstić information content (AvgIpc) is 2.25. The highest BCUT2D eigenvalue weighted by Gasteiger charge is 2.40. The molecule has 0 aliphatic heterocycles. The van der Waals surface area contributed by atoms with E-state index in [0.717, 1.165) is 6.07 Å². The van der Waals surface area contributed by atoms with Gasteiger partial charge in [-0.2, -0.15) is 13.2 Å². The van der Waals surface area contributed by atoms with E-state index < -0.39 is 23.5 Å². The fourth-order valence-corrected chi connectivity index (χ4v) is 1.54. The van der Waals surface area contributed by atoms with E-state index in [4.69, 9.17) is 5.11 Å². The third kappa shape index (κ3) is 2.88. The summed E-state index contributed by atoms with van der Waals surface area (Å²) < 4.78 is 37.2. The molecule has 6 heteroatoms. The van der Waals surface area contributed by atoms with Gasteiger partial charge in [0.25, 0.3) is 5.78 Å². The van der Waals surface area contributed by atoms with E-state index in [2.05, 4.69) is 0 Å². The van der Waals surface area contributed by atoms with Crippen LogP contribution in [0.15, 0.2) is 18.2 Å². The minimum Gasteiger partial charge on any atom is -0.478 e. The first-order valence-electron chi connectivity index (χ1n) is 5.13. The van der Waals surface area contributed by atoms with E-state index in [9.17, 15) is 22.8 Å². The maximum absolute atomic E-state index is 12.4. The lowest BCUT2D eigenvalue weighted by molar-refractivity contribution is -0.0886. The van der Waals surface area contributed by atoms with Gasteiger partial charge in [0.15, 0.2) is 0 Å². The Balaban J connectivity index is 3.42. The summed E-state index contributed by atoms with van der Waals surface area (Å²) in [5.41, 5.74) is -0.758. The van der Waals surface area contributed by atoms with E-state index in [1.165, 1.54) is 12.1 Å². The van der Waals surface area contributed by atoms with Gasteiger partial charge >= 0.3 is 12.1 Å². The highest BCUT2D eigenvalue weighted by atomic mass is 19.4. The summed E-state index contributed by atoms with van der Waals surface area (Å²) in [7, 11) is 0. The molecule has 0 bridgehead atoms. The molecule has 18 heavy (non-hydrogen) atoms. The normalized spacial score (nSPS) is 11.7. The second-order valence-electron chi connectivity index (χ2n) is 4.09. The van der Waals surface area contributed by atoms with Gasteiger partial charge in [-0.3, -0.25) is 4.79 Å². The van der Waals surface area contributed by atoms with Crippen molar-refractivity contribution in [2.75, 3.05) is 0 Å². The van der Waals surface area contributed by atoms with Crippen molar-refractivity contribution in [2.45, 2.75) is 25.9 Å². The summed E-state index contributed by atoms with van der Waals surface area (Å²) in [6.07, 6.45) is -5.01. The predicted octanol–water partition coefficient (Wildman–Crippen LogP) is 3.25. The molecule has 1 rings (SSSR count). The van der Waals surface area contributed by atoms with Crippen LogP contribution in [0, 0.1) is 0 Å². The van der Waals surface area contributed by atoms with Gasteiger partial charge in [-0.05, 0) is 23.6 Å². The molecule has 1 aromatic carbocycles. The zero-order valence-corrected chi connectivity index (χ0v) is 9.71. The fourth-order valence-electron chi connectivity index (χ4n) is 1.54. The molecule has 0 radical (unpaired) electrons. The van der Waals surface area contributed by atoms with E-state index in [0.29, 0.717) is 0 Å². The lowest BCUT2D eigenvalue weighted by Gasteiger charge is -2.14. The Morgan fingerprint density at radius 2 is 1.78 bits per heavy atom. The van der Waals surface area contributed by atoms with Gasteiger partial charge in [-0.25, -0.2) is 4.79 Å². The van der Waals surface area contributed by atoms with Crippen LogP contribution in [-0.2, 0) is 0 Å². The number of hydrogen-bond donors (Lipinski definition) is 1. The molecule has 1 aromatic rings. The molecular weight excluding hydrogens is 249 g/mol. The van der Waals surface area contributed by atoms with Gasteiger partial charge in [-0.15, -0.1) is 0 Å². The largest absolute Gasteiger partial charge is 0.478 e. The van der Waals surface area contributed by atoms with Crippen molar-refractivity contribution in [1.82, 2.24) is 0 Å². The van der Waals surface area contributed by atoms with Crippen LogP contribution in [0.1, 0.15) is 46.0 Å². The van der Waals surface area contributed by atoms with Gasteiger partial charge in [0, 0.05) is 5.56 Å². The van der Waals surface area contributed by atoms with Crippen molar-refractivity contribution in [3.05, 3.63) is 34.9 Å². The standard InChI is InChI=1S/C12H11F3O3/c1-6(2)8-4-3-7(11(17)18)5-9(8)10(16)12(13,14)15/h3-6H,1-2H3,(H,17,18). The Bertz CT molecular complexity index is 490. The first kappa shape index (κ1) is 14.2. The molecular formula is C12H11F3O3. The summed E-state index contributed by atoms with van der Waals surface area (Å²) in [6.45, 7) is 3.26. The molecule has 0 aliphatic rings. The number of alkyl halides is 3. The molecule has 0 saturated carbocycles. The van der Waals surface area contributed by atoms with Crippen molar-refractivity contribution in [2.24, 2.45) is 0 Å².